The summed E-state index contributed by atoms with van der Waals surface area (Å²) >= 11 is 0. The van der Waals surface area contributed by atoms with E-state index in [4.69, 9.17) is 9.47 Å². The van der Waals surface area contributed by atoms with Crippen molar-refractivity contribution in [3.8, 4) is 5.75 Å². The van der Waals surface area contributed by atoms with E-state index >= 15 is 0 Å². The van der Waals surface area contributed by atoms with Gasteiger partial charge in [-0.05, 0) is 29.8 Å². The normalized spacial score (nSPS) is 13.2. The Morgan fingerprint density at radius 1 is 1.07 bits per heavy atom. The standard InChI is InChI=1S/C21H25N3O4.ClH/c1-27-19-5-3-4-18(14-19)24(21(26)23-12-10-22-11-13-23)15-16-6-8-17(9-7-16)20(25)28-2;/h3-9,14,22H,10-13,15H2,1-2H3;1H. The van der Waals surface area contributed by atoms with Gasteiger partial charge in [0.15, 0.2) is 0 Å². The number of carbonyl (C=O) groups is 2. The molecule has 1 saturated heterocycles. The average Bonchev–Trinajstić information content (AvgIpc) is 2.77. The Morgan fingerprint density at radius 3 is 2.38 bits per heavy atom. The van der Waals surface area contributed by atoms with Gasteiger partial charge in [0.2, 0.25) is 0 Å². The van der Waals surface area contributed by atoms with Crippen molar-refractivity contribution >= 4 is 30.1 Å². The highest BCUT2D eigenvalue weighted by atomic mass is 35.5. The van der Waals surface area contributed by atoms with Gasteiger partial charge >= 0.3 is 12.0 Å². The Morgan fingerprint density at radius 2 is 1.76 bits per heavy atom. The molecular weight excluding hydrogens is 394 g/mol. The molecule has 2 aromatic carbocycles. The lowest BCUT2D eigenvalue weighted by molar-refractivity contribution is 0.0600. The van der Waals surface area contributed by atoms with Crippen LogP contribution in [0.5, 0.6) is 5.75 Å². The van der Waals surface area contributed by atoms with Crippen LogP contribution in [0.15, 0.2) is 48.5 Å². The predicted molar refractivity (Wildman–Crippen MR) is 114 cm³/mol. The molecular formula is C21H26ClN3O4. The number of rotatable bonds is 5. The van der Waals surface area contributed by atoms with Crippen molar-refractivity contribution in [2.24, 2.45) is 0 Å². The molecule has 1 N–H and O–H groups in total. The molecule has 1 fully saturated rings. The summed E-state index contributed by atoms with van der Waals surface area (Å²) in [6.07, 6.45) is 0. The molecule has 7 nitrogen and oxygen atoms in total. The van der Waals surface area contributed by atoms with Crippen molar-refractivity contribution in [2.75, 3.05) is 45.3 Å². The van der Waals surface area contributed by atoms with Crippen LogP contribution in [0.25, 0.3) is 0 Å². The lowest BCUT2D eigenvalue weighted by Crippen LogP contribution is -2.51. The predicted octanol–water partition coefficient (Wildman–Crippen LogP) is 2.94. The molecule has 156 valence electrons. The Bertz CT molecular complexity index is 823. The minimum absolute atomic E-state index is 0. The van der Waals surface area contributed by atoms with E-state index in [1.165, 1.54) is 7.11 Å². The van der Waals surface area contributed by atoms with Crippen LogP contribution < -0.4 is 15.0 Å². The summed E-state index contributed by atoms with van der Waals surface area (Å²) < 4.78 is 10.1. The fourth-order valence-electron chi connectivity index (χ4n) is 3.12. The smallest absolute Gasteiger partial charge is 0.337 e. The number of nitrogens with zero attached hydrogens (tertiary/aromatic N) is 2. The van der Waals surface area contributed by atoms with Crippen molar-refractivity contribution in [1.29, 1.82) is 0 Å². The van der Waals surface area contributed by atoms with Crippen LogP contribution in [0.3, 0.4) is 0 Å². The first kappa shape index (κ1) is 22.5. The van der Waals surface area contributed by atoms with Crippen molar-refractivity contribution in [1.82, 2.24) is 10.2 Å². The quantitative estimate of drug-likeness (QED) is 0.754. The van der Waals surface area contributed by atoms with Crippen LogP contribution in [0, 0.1) is 0 Å². The topological polar surface area (TPSA) is 71.1 Å². The van der Waals surface area contributed by atoms with E-state index in [-0.39, 0.29) is 24.4 Å². The van der Waals surface area contributed by atoms with Gasteiger partial charge in [-0.3, -0.25) is 4.90 Å². The number of methoxy groups -OCH3 is 2. The molecule has 0 aromatic heterocycles. The number of piperazine rings is 1. The van der Waals surface area contributed by atoms with Gasteiger partial charge in [-0.1, -0.05) is 18.2 Å². The molecule has 0 radical (unpaired) electrons. The van der Waals surface area contributed by atoms with Crippen LogP contribution in [0.1, 0.15) is 15.9 Å². The maximum absolute atomic E-state index is 13.2. The van der Waals surface area contributed by atoms with Gasteiger partial charge in [0.25, 0.3) is 0 Å². The summed E-state index contributed by atoms with van der Waals surface area (Å²) in [5.41, 5.74) is 2.16. The van der Waals surface area contributed by atoms with Crippen LogP contribution in [-0.4, -0.2) is 57.3 Å². The number of carbonyl (C=O) groups excluding carboxylic acids is 2. The Hall–Kier alpha value is -2.77. The lowest BCUT2D eigenvalue weighted by atomic mass is 10.1. The van der Waals surface area contributed by atoms with E-state index in [2.05, 4.69) is 5.32 Å². The summed E-state index contributed by atoms with van der Waals surface area (Å²) in [4.78, 5) is 28.5. The average molecular weight is 420 g/mol. The lowest BCUT2D eigenvalue weighted by Gasteiger charge is -2.33. The van der Waals surface area contributed by atoms with Crippen LogP contribution in [0.4, 0.5) is 10.5 Å². The second-order valence-corrected chi connectivity index (χ2v) is 6.50. The first-order valence-electron chi connectivity index (χ1n) is 9.21. The van der Waals surface area contributed by atoms with E-state index in [0.29, 0.717) is 30.9 Å². The molecule has 29 heavy (non-hydrogen) atoms. The van der Waals surface area contributed by atoms with Gasteiger partial charge in [0, 0.05) is 37.9 Å². The molecule has 1 aliphatic heterocycles. The number of halogens is 1. The fraction of sp³-hybridized carbons (Fsp3) is 0.333. The van der Waals surface area contributed by atoms with Crippen LogP contribution >= 0.6 is 12.4 Å². The third-order valence-corrected chi connectivity index (χ3v) is 4.70. The molecule has 1 heterocycles. The molecule has 0 atom stereocenters. The number of urea groups is 1. The number of benzene rings is 2. The highest BCUT2D eigenvalue weighted by Gasteiger charge is 2.24. The second-order valence-electron chi connectivity index (χ2n) is 6.50. The number of nitrogens with one attached hydrogen (secondary N) is 1. The van der Waals surface area contributed by atoms with Gasteiger partial charge in [0.1, 0.15) is 5.75 Å². The minimum atomic E-state index is -0.381. The van der Waals surface area contributed by atoms with Gasteiger partial charge in [-0.15, -0.1) is 12.4 Å². The minimum Gasteiger partial charge on any atom is -0.497 e. The Balaban J connectivity index is 0.00000300. The molecule has 0 saturated carbocycles. The molecule has 2 amide bonds. The molecule has 0 spiro atoms. The molecule has 0 unspecified atom stereocenters. The van der Waals surface area contributed by atoms with Gasteiger partial charge in [0.05, 0.1) is 26.3 Å². The van der Waals surface area contributed by atoms with E-state index < -0.39 is 0 Å². The van der Waals surface area contributed by atoms with Gasteiger partial charge in [-0.2, -0.15) is 0 Å². The van der Waals surface area contributed by atoms with E-state index in [1.54, 1.807) is 24.1 Å². The molecule has 1 aliphatic rings. The largest absolute Gasteiger partial charge is 0.497 e. The van der Waals surface area contributed by atoms with E-state index in [0.717, 1.165) is 24.3 Å². The third kappa shape index (κ3) is 5.62. The highest BCUT2D eigenvalue weighted by molar-refractivity contribution is 5.92. The molecule has 8 heteroatoms. The second kappa shape index (κ2) is 10.7. The summed E-state index contributed by atoms with van der Waals surface area (Å²) in [6.45, 7) is 3.29. The molecule has 3 rings (SSSR count). The number of hydrogen-bond donors (Lipinski definition) is 1. The number of amides is 2. The summed E-state index contributed by atoms with van der Waals surface area (Å²) in [6, 6.07) is 14.5. The summed E-state index contributed by atoms with van der Waals surface area (Å²) in [5, 5.41) is 3.26. The maximum Gasteiger partial charge on any atom is 0.337 e. The SMILES string of the molecule is COC(=O)c1ccc(CN(C(=O)N2CCNCC2)c2cccc(OC)c2)cc1.Cl. The van der Waals surface area contributed by atoms with Crippen molar-refractivity contribution in [3.05, 3.63) is 59.7 Å². The summed E-state index contributed by atoms with van der Waals surface area (Å²) in [7, 11) is 2.96. The maximum atomic E-state index is 13.2. The first-order valence-corrected chi connectivity index (χ1v) is 9.21. The first-order chi connectivity index (χ1) is 13.6. The summed E-state index contributed by atoms with van der Waals surface area (Å²) in [5.74, 6) is 0.310. The Labute approximate surface area is 177 Å². The van der Waals surface area contributed by atoms with E-state index in [1.807, 2.05) is 41.3 Å². The number of ether oxygens (including phenoxy) is 2. The van der Waals surface area contributed by atoms with Crippen molar-refractivity contribution in [2.45, 2.75) is 6.54 Å². The van der Waals surface area contributed by atoms with Gasteiger partial charge < -0.3 is 19.7 Å². The fourth-order valence-corrected chi connectivity index (χ4v) is 3.12. The third-order valence-electron chi connectivity index (χ3n) is 4.70. The number of anilines is 1. The van der Waals surface area contributed by atoms with Crippen molar-refractivity contribution in [3.63, 3.8) is 0 Å². The highest BCUT2D eigenvalue weighted by Crippen LogP contribution is 2.24. The monoisotopic (exact) mass is 419 g/mol. The Kier molecular flexibility index (Phi) is 8.30. The number of hydrogen-bond acceptors (Lipinski definition) is 5. The van der Waals surface area contributed by atoms with Crippen LogP contribution in [0.2, 0.25) is 0 Å². The van der Waals surface area contributed by atoms with Crippen molar-refractivity contribution < 1.29 is 19.1 Å². The van der Waals surface area contributed by atoms with Gasteiger partial charge in [-0.25, -0.2) is 9.59 Å². The molecule has 0 aliphatic carbocycles. The number of esters is 1. The molecule has 0 bridgehead atoms. The zero-order valence-electron chi connectivity index (χ0n) is 16.6. The zero-order chi connectivity index (χ0) is 19.9. The van der Waals surface area contributed by atoms with E-state index in [9.17, 15) is 9.59 Å². The zero-order valence-corrected chi connectivity index (χ0v) is 17.4. The van der Waals surface area contributed by atoms with Crippen LogP contribution in [-0.2, 0) is 11.3 Å². The molecule has 2 aromatic rings.